The molecule has 2 amide bonds. The molecular weight excluding hydrogens is 467 g/mol. The van der Waals surface area contributed by atoms with E-state index in [0.717, 1.165) is 42.1 Å². The molecule has 1 aromatic heterocycles. The smallest absolute Gasteiger partial charge is 0.337 e. The van der Waals surface area contributed by atoms with E-state index in [-0.39, 0.29) is 23.9 Å². The minimum absolute atomic E-state index is 0.0650. The lowest BCUT2D eigenvalue weighted by Crippen LogP contribution is -2.45. The molecule has 0 spiro atoms. The Morgan fingerprint density at radius 1 is 1.23 bits per heavy atom. The van der Waals surface area contributed by atoms with Crippen molar-refractivity contribution in [2.45, 2.75) is 45.2 Å². The van der Waals surface area contributed by atoms with E-state index in [0.29, 0.717) is 24.3 Å². The highest BCUT2D eigenvalue weighted by molar-refractivity contribution is 7.15. The van der Waals surface area contributed by atoms with Crippen LogP contribution >= 0.6 is 11.3 Å². The van der Waals surface area contributed by atoms with Crippen LogP contribution in [0.2, 0.25) is 0 Å². The first kappa shape index (κ1) is 24.7. The number of nitrogens with one attached hydrogen (secondary N) is 2. The van der Waals surface area contributed by atoms with Crippen LogP contribution in [0, 0.1) is 5.82 Å². The van der Waals surface area contributed by atoms with Crippen molar-refractivity contribution >= 4 is 34.2 Å². The molecule has 2 aromatic carbocycles. The average Bonchev–Trinajstić information content (AvgIpc) is 3.28. The molecule has 0 saturated carbocycles. The fraction of sp³-hybridized carbons (Fsp3) is 0.346. The lowest BCUT2D eigenvalue weighted by molar-refractivity contribution is 0.0600. The second-order valence-electron chi connectivity index (χ2n) is 8.46. The van der Waals surface area contributed by atoms with Crippen molar-refractivity contribution < 1.29 is 18.7 Å². The maximum Gasteiger partial charge on any atom is 0.337 e. The number of ether oxygens (including phenoxy) is 1. The number of methoxy groups -OCH3 is 1. The van der Waals surface area contributed by atoms with E-state index in [1.165, 1.54) is 24.1 Å². The lowest BCUT2D eigenvalue weighted by atomic mass is 9.96. The minimum atomic E-state index is -0.378. The topological polar surface area (TPSA) is 83.6 Å². The molecule has 4 rings (SSSR count). The second-order valence-corrected chi connectivity index (χ2v) is 9.55. The van der Waals surface area contributed by atoms with Gasteiger partial charge in [-0.3, -0.25) is 0 Å². The number of nitrogens with zero attached hydrogens (tertiary/aromatic N) is 2. The summed E-state index contributed by atoms with van der Waals surface area (Å²) in [6.07, 6.45) is 3.23. The fourth-order valence-corrected chi connectivity index (χ4v) is 5.28. The number of hydrogen-bond acceptors (Lipinski definition) is 6. The Balaban J connectivity index is 1.38. The first-order valence-corrected chi connectivity index (χ1v) is 12.5. The average molecular weight is 497 g/mol. The summed E-state index contributed by atoms with van der Waals surface area (Å²) in [4.78, 5) is 32.4. The summed E-state index contributed by atoms with van der Waals surface area (Å²) in [6, 6.07) is 13.1. The van der Waals surface area contributed by atoms with Gasteiger partial charge in [0.15, 0.2) is 5.13 Å². The van der Waals surface area contributed by atoms with Gasteiger partial charge in [-0.05, 0) is 55.2 Å². The normalized spacial score (nSPS) is 14.7. The maximum absolute atomic E-state index is 13.5. The molecule has 1 aliphatic rings. The van der Waals surface area contributed by atoms with E-state index in [1.54, 1.807) is 35.6 Å². The van der Waals surface area contributed by atoms with Gasteiger partial charge in [0.25, 0.3) is 0 Å². The number of benzene rings is 2. The quantitative estimate of drug-likeness (QED) is 0.404. The SMILES string of the molecule is CCCN(C(=O)Nc1cccc(F)c1)C1CCc2nc(NCc3ccc(C(=O)OC)cc3)sc2C1. The third-order valence-corrected chi connectivity index (χ3v) is 7.05. The van der Waals surface area contributed by atoms with Gasteiger partial charge < -0.3 is 20.3 Å². The first-order valence-electron chi connectivity index (χ1n) is 11.7. The van der Waals surface area contributed by atoms with Crippen LogP contribution in [-0.4, -0.2) is 41.6 Å². The van der Waals surface area contributed by atoms with E-state index in [9.17, 15) is 14.0 Å². The predicted octanol–water partition coefficient (Wildman–Crippen LogP) is 5.48. The standard InChI is InChI=1S/C26H29FN4O3S/c1-3-13-31(26(33)29-20-6-4-5-19(27)14-20)21-11-12-22-23(15-21)35-25(30-22)28-16-17-7-9-18(10-8-17)24(32)34-2/h4-10,14,21H,3,11-13,15-16H2,1-2H3,(H,28,30)(H,29,33). The molecule has 0 saturated heterocycles. The number of carbonyl (C=O) groups is 2. The van der Waals surface area contributed by atoms with Crippen molar-refractivity contribution in [2.75, 3.05) is 24.3 Å². The molecule has 1 atom stereocenters. The van der Waals surface area contributed by atoms with Gasteiger partial charge in [0, 0.05) is 36.1 Å². The van der Waals surface area contributed by atoms with Crippen LogP contribution in [0.25, 0.3) is 0 Å². The van der Waals surface area contributed by atoms with Crippen LogP contribution in [0.15, 0.2) is 48.5 Å². The van der Waals surface area contributed by atoms with Crippen molar-refractivity contribution in [1.82, 2.24) is 9.88 Å². The molecule has 9 heteroatoms. The second kappa shape index (κ2) is 11.3. The Hall–Kier alpha value is -3.46. The Morgan fingerprint density at radius 3 is 2.74 bits per heavy atom. The van der Waals surface area contributed by atoms with Crippen LogP contribution in [0.1, 0.15) is 46.3 Å². The number of carbonyl (C=O) groups excluding carboxylic acids is 2. The Bertz CT molecular complexity index is 1180. The summed E-state index contributed by atoms with van der Waals surface area (Å²) in [5.41, 5.74) is 3.09. The highest BCUT2D eigenvalue weighted by Gasteiger charge is 2.29. The van der Waals surface area contributed by atoms with Crippen LogP contribution in [-0.2, 0) is 24.1 Å². The molecule has 0 aliphatic heterocycles. The van der Waals surface area contributed by atoms with Crippen LogP contribution < -0.4 is 10.6 Å². The zero-order chi connectivity index (χ0) is 24.8. The van der Waals surface area contributed by atoms with Crippen molar-refractivity contribution in [3.05, 3.63) is 76.0 Å². The van der Waals surface area contributed by atoms with Crippen LogP contribution in [0.5, 0.6) is 0 Å². The van der Waals surface area contributed by atoms with Crippen molar-refractivity contribution in [3.63, 3.8) is 0 Å². The zero-order valence-electron chi connectivity index (χ0n) is 19.8. The van der Waals surface area contributed by atoms with Gasteiger partial charge in [0.05, 0.1) is 18.4 Å². The molecule has 0 radical (unpaired) electrons. The van der Waals surface area contributed by atoms with Crippen LogP contribution in [0.3, 0.4) is 0 Å². The molecule has 0 fully saturated rings. The molecule has 7 nitrogen and oxygen atoms in total. The van der Waals surface area contributed by atoms with E-state index in [4.69, 9.17) is 9.72 Å². The Labute approximate surface area is 208 Å². The molecule has 184 valence electrons. The lowest BCUT2D eigenvalue weighted by Gasteiger charge is -2.33. The van der Waals surface area contributed by atoms with Crippen molar-refractivity contribution in [2.24, 2.45) is 0 Å². The summed E-state index contributed by atoms with van der Waals surface area (Å²) in [7, 11) is 1.37. The number of thiazole rings is 1. The zero-order valence-corrected chi connectivity index (χ0v) is 20.7. The van der Waals surface area contributed by atoms with E-state index < -0.39 is 0 Å². The number of anilines is 2. The molecule has 3 aromatic rings. The Morgan fingerprint density at radius 2 is 2.03 bits per heavy atom. The number of halogens is 1. The highest BCUT2D eigenvalue weighted by atomic mass is 32.1. The number of amides is 2. The minimum Gasteiger partial charge on any atom is -0.465 e. The molecule has 35 heavy (non-hydrogen) atoms. The summed E-state index contributed by atoms with van der Waals surface area (Å²) < 4.78 is 18.3. The summed E-state index contributed by atoms with van der Waals surface area (Å²) in [5.74, 6) is -0.732. The number of rotatable bonds is 8. The van der Waals surface area contributed by atoms with Gasteiger partial charge in [-0.1, -0.05) is 25.1 Å². The predicted molar refractivity (Wildman–Crippen MR) is 135 cm³/mol. The maximum atomic E-state index is 13.5. The summed E-state index contributed by atoms with van der Waals surface area (Å²) in [5, 5.41) is 7.06. The van der Waals surface area contributed by atoms with Gasteiger partial charge in [0.1, 0.15) is 5.82 Å². The molecule has 1 aliphatic carbocycles. The van der Waals surface area contributed by atoms with Crippen LogP contribution in [0.4, 0.5) is 20.0 Å². The van der Waals surface area contributed by atoms with Gasteiger partial charge in [-0.25, -0.2) is 19.0 Å². The number of aromatic nitrogens is 1. The molecule has 1 heterocycles. The van der Waals surface area contributed by atoms with Gasteiger partial charge in [0.2, 0.25) is 0 Å². The fourth-order valence-electron chi connectivity index (χ4n) is 4.21. The van der Waals surface area contributed by atoms with E-state index in [2.05, 4.69) is 10.6 Å². The van der Waals surface area contributed by atoms with E-state index in [1.807, 2.05) is 24.0 Å². The molecule has 0 bridgehead atoms. The Kier molecular flexibility index (Phi) is 7.97. The molecule has 2 N–H and O–H groups in total. The third kappa shape index (κ3) is 6.16. The molecular formula is C26H29FN4O3S. The van der Waals surface area contributed by atoms with Crippen molar-refractivity contribution in [1.29, 1.82) is 0 Å². The van der Waals surface area contributed by atoms with Gasteiger partial charge in [-0.2, -0.15) is 0 Å². The number of urea groups is 1. The van der Waals surface area contributed by atoms with E-state index >= 15 is 0 Å². The number of esters is 1. The number of aryl methyl sites for hydroxylation is 1. The summed E-state index contributed by atoms with van der Waals surface area (Å²) in [6.45, 7) is 3.27. The third-order valence-electron chi connectivity index (χ3n) is 5.97. The monoisotopic (exact) mass is 496 g/mol. The number of hydrogen-bond donors (Lipinski definition) is 2. The molecule has 1 unspecified atom stereocenters. The summed E-state index contributed by atoms with van der Waals surface area (Å²) >= 11 is 1.62. The van der Waals surface area contributed by atoms with Crippen molar-refractivity contribution in [3.8, 4) is 0 Å². The highest BCUT2D eigenvalue weighted by Crippen LogP contribution is 2.32. The first-order chi connectivity index (χ1) is 17.0. The number of fused-ring (bicyclic) bond motifs is 1. The van der Waals surface area contributed by atoms with Gasteiger partial charge >= 0.3 is 12.0 Å². The van der Waals surface area contributed by atoms with Gasteiger partial charge in [-0.15, -0.1) is 11.3 Å². The largest absolute Gasteiger partial charge is 0.465 e.